The van der Waals surface area contributed by atoms with Crippen LogP contribution in [0.2, 0.25) is 0 Å². The number of amides is 6. The van der Waals surface area contributed by atoms with E-state index in [-0.39, 0.29) is 0 Å². The van der Waals surface area contributed by atoms with Gasteiger partial charge >= 0.3 is 24.1 Å². The topological polar surface area (TPSA) is 91.7 Å². The lowest BCUT2D eigenvalue weighted by molar-refractivity contribution is -0.831. The molecule has 9 heteroatoms. The van der Waals surface area contributed by atoms with Gasteiger partial charge in [-0.2, -0.15) is 4.79 Å². The first-order chi connectivity index (χ1) is 8.19. The highest BCUT2D eigenvalue weighted by molar-refractivity contribution is 6.06. The molecule has 0 aliphatic carbocycles. The first-order valence-corrected chi connectivity index (χ1v) is 5.19. The summed E-state index contributed by atoms with van der Waals surface area (Å²) in [5, 5.41) is 0.697. The molecule has 0 bridgehead atoms. The maximum Gasteiger partial charge on any atom is 0.575 e. The Hall–Kier alpha value is -2.16. The third-order valence-electron chi connectivity index (χ3n) is 3.17. The molecule has 0 spiro atoms. The zero-order valence-electron chi connectivity index (χ0n) is 10.4. The van der Waals surface area contributed by atoms with Crippen LogP contribution in [-0.4, -0.2) is 58.7 Å². The van der Waals surface area contributed by atoms with E-state index in [1.807, 2.05) is 0 Å². The van der Waals surface area contributed by atoms with Crippen molar-refractivity contribution in [3.8, 4) is 0 Å². The molecule has 6 amide bonds. The molecule has 2 aliphatic heterocycles. The summed E-state index contributed by atoms with van der Waals surface area (Å²) in [4.78, 5) is 52.9. The number of rotatable bonds is 1. The Morgan fingerprint density at radius 2 is 1.67 bits per heavy atom. The van der Waals surface area contributed by atoms with Crippen molar-refractivity contribution in [3.05, 3.63) is 0 Å². The molecule has 0 aromatic rings. The van der Waals surface area contributed by atoms with Crippen LogP contribution in [0, 0.1) is 0 Å². The third kappa shape index (κ3) is 1.30. The number of hydrogen-bond donors (Lipinski definition) is 1. The number of likely N-dealkylation sites (N-methyl/N-ethyl adjacent to an activating group) is 1. The van der Waals surface area contributed by atoms with Crippen molar-refractivity contribution >= 4 is 24.1 Å². The molecule has 18 heavy (non-hydrogen) atoms. The minimum Gasteiger partial charge on any atom is -0.309 e. The molecule has 2 rings (SSSR count). The number of urea groups is 2. The second-order valence-corrected chi connectivity index (χ2v) is 4.57. The van der Waals surface area contributed by atoms with Crippen molar-refractivity contribution < 1.29 is 29.0 Å². The van der Waals surface area contributed by atoms with E-state index in [0.717, 1.165) is 0 Å². The van der Waals surface area contributed by atoms with E-state index in [0.29, 0.717) is 10.1 Å². The fourth-order valence-electron chi connectivity index (χ4n) is 1.72. The Labute approximate surface area is 102 Å². The van der Waals surface area contributed by atoms with Crippen LogP contribution in [0.3, 0.4) is 0 Å². The molecule has 0 aromatic heterocycles. The fraction of sp³-hybridized carbons (Fsp3) is 0.556. The van der Waals surface area contributed by atoms with Crippen molar-refractivity contribution in [3.63, 3.8) is 0 Å². The van der Waals surface area contributed by atoms with E-state index >= 15 is 0 Å². The summed E-state index contributed by atoms with van der Waals surface area (Å²) in [6.45, 7) is 3.06. The number of nitrogens with zero attached hydrogens (tertiary/aromatic N) is 3. The number of imide groups is 2. The minimum absolute atomic E-state index is 0.565. The van der Waals surface area contributed by atoms with E-state index in [9.17, 15) is 19.2 Å². The van der Waals surface area contributed by atoms with Crippen LogP contribution in [0.25, 0.3) is 0 Å². The maximum atomic E-state index is 12.1. The number of hydroxylamine groups is 2. The van der Waals surface area contributed by atoms with Crippen LogP contribution >= 0.6 is 0 Å². The molecule has 2 heterocycles. The molecular formula is C9H13N4O5+. The first-order valence-electron chi connectivity index (χ1n) is 5.19. The van der Waals surface area contributed by atoms with Gasteiger partial charge < -0.3 is 4.90 Å². The van der Waals surface area contributed by atoms with Crippen LogP contribution < -0.4 is 5.01 Å². The van der Waals surface area contributed by atoms with Crippen LogP contribution in [-0.2, 0) is 9.63 Å². The summed E-state index contributed by atoms with van der Waals surface area (Å²) in [5.74, 6) is -0.634. The molecule has 9 nitrogen and oxygen atoms in total. The van der Waals surface area contributed by atoms with Gasteiger partial charge in [0, 0.05) is 7.05 Å². The zero-order valence-corrected chi connectivity index (χ0v) is 10.4. The lowest BCUT2D eigenvalue weighted by atomic mass is 10.1. The maximum absolute atomic E-state index is 12.1. The molecule has 2 saturated heterocycles. The van der Waals surface area contributed by atoms with Gasteiger partial charge in [-0.1, -0.05) is 5.01 Å². The lowest BCUT2D eigenvalue weighted by Crippen LogP contribution is -3.21. The van der Waals surface area contributed by atoms with Crippen molar-refractivity contribution in [1.29, 1.82) is 0 Å². The molecule has 1 unspecified atom stereocenters. The first kappa shape index (κ1) is 12.3. The van der Waals surface area contributed by atoms with E-state index in [4.69, 9.17) is 0 Å². The van der Waals surface area contributed by atoms with E-state index in [2.05, 4.69) is 4.84 Å². The van der Waals surface area contributed by atoms with Gasteiger partial charge in [-0.25, -0.2) is 9.59 Å². The second kappa shape index (κ2) is 3.42. The van der Waals surface area contributed by atoms with Gasteiger partial charge in [0.15, 0.2) is 0 Å². The Morgan fingerprint density at radius 1 is 1.11 bits per heavy atom. The van der Waals surface area contributed by atoms with Crippen molar-refractivity contribution in [1.82, 2.24) is 15.0 Å². The third-order valence-corrected chi connectivity index (χ3v) is 3.17. The predicted molar refractivity (Wildman–Crippen MR) is 54.7 cm³/mol. The highest BCUT2D eigenvalue weighted by atomic mass is 16.8. The lowest BCUT2D eigenvalue weighted by Gasteiger charge is -2.21. The van der Waals surface area contributed by atoms with Gasteiger partial charge in [0.2, 0.25) is 0 Å². The molecule has 1 atom stereocenters. The fourth-order valence-corrected chi connectivity index (χ4v) is 1.72. The number of quaternary nitrogens is 1. The average Bonchev–Trinajstić information content (AvgIpc) is 2.60. The Kier molecular flexibility index (Phi) is 2.34. The van der Waals surface area contributed by atoms with Crippen LogP contribution in [0.15, 0.2) is 0 Å². The summed E-state index contributed by atoms with van der Waals surface area (Å²) >= 11 is 0. The summed E-state index contributed by atoms with van der Waals surface area (Å²) < 4.78 is 0. The minimum atomic E-state index is -1.11. The van der Waals surface area contributed by atoms with Gasteiger partial charge in [0.1, 0.15) is 5.54 Å². The van der Waals surface area contributed by atoms with E-state index < -0.39 is 34.6 Å². The van der Waals surface area contributed by atoms with Crippen molar-refractivity contribution in [2.24, 2.45) is 0 Å². The highest BCUT2D eigenvalue weighted by Gasteiger charge is 2.61. The van der Waals surface area contributed by atoms with Crippen LogP contribution in [0.4, 0.5) is 14.4 Å². The van der Waals surface area contributed by atoms with E-state index in [1.54, 1.807) is 0 Å². The monoisotopic (exact) mass is 257 g/mol. The smallest absolute Gasteiger partial charge is 0.309 e. The molecule has 0 aromatic carbocycles. The Balaban J connectivity index is 2.41. The van der Waals surface area contributed by atoms with Gasteiger partial charge in [0.05, 0.1) is 7.05 Å². The average molecular weight is 257 g/mol. The summed E-state index contributed by atoms with van der Waals surface area (Å²) in [7, 11) is 2.66. The molecule has 0 saturated carbocycles. The number of hydrogen-bond acceptors (Lipinski definition) is 5. The van der Waals surface area contributed by atoms with Crippen LogP contribution in [0.5, 0.6) is 0 Å². The summed E-state index contributed by atoms with van der Waals surface area (Å²) in [6, 6.07) is -1.53. The summed E-state index contributed by atoms with van der Waals surface area (Å²) in [6.07, 6.45) is -1.00. The van der Waals surface area contributed by atoms with Crippen LogP contribution in [0.1, 0.15) is 13.8 Å². The molecule has 2 aliphatic rings. The molecule has 0 radical (unpaired) electrons. The van der Waals surface area contributed by atoms with Gasteiger partial charge in [-0.3, -0.25) is 9.63 Å². The standard InChI is InChI=1S/C9H12N4O5/c1-9(2)5(14)12(6(15)10(9)3)13-7(16)11(4)18-8(13)17/h1-4H3/p+1. The SMILES string of the molecule is CN1OC(=O)[NH+](N2C(=O)N(C)C(C)(C)C2=O)C1=O. The number of carbonyl (C=O) groups is 4. The van der Waals surface area contributed by atoms with Gasteiger partial charge in [-0.05, 0) is 18.9 Å². The largest absolute Gasteiger partial charge is 0.575 e. The van der Waals surface area contributed by atoms with Crippen molar-refractivity contribution in [2.75, 3.05) is 14.1 Å². The Bertz CT molecular complexity index is 474. The molecule has 2 fully saturated rings. The predicted octanol–water partition coefficient (Wildman–Crippen LogP) is -1.42. The van der Waals surface area contributed by atoms with E-state index in [1.165, 1.54) is 32.8 Å². The Morgan fingerprint density at radius 3 is 2.00 bits per heavy atom. The number of carbonyl (C=O) groups excluding carboxylic acids is 4. The summed E-state index contributed by atoms with van der Waals surface area (Å²) in [5.41, 5.74) is -1.11. The zero-order chi connectivity index (χ0) is 13.8. The normalized spacial score (nSPS) is 27.3. The molecule has 98 valence electrons. The highest BCUT2D eigenvalue weighted by Crippen LogP contribution is 2.23. The van der Waals surface area contributed by atoms with Gasteiger partial charge in [-0.15, -0.1) is 5.06 Å². The van der Waals surface area contributed by atoms with Gasteiger partial charge in [0.25, 0.3) is 0 Å². The second-order valence-electron chi connectivity index (χ2n) is 4.57. The molecular weight excluding hydrogens is 244 g/mol. The number of nitrogens with one attached hydrogen (secondary N) is 1. The molecule has 1 N–H and O–H groups in total. The van der Waals surface area contributed by atoms with Crippen molar-refractivity contribution in [2.45, 2.75) is 19.4 Å². The quantitative estimate of drug-likeness (QED) is 0.582.